The number of benzene rings is 1. The molecule has 1 aromatic carbocycles. The smallest absolute Gasteiger partial charge is 0.180 e. The zero-order valence-corrected chi connectivity index (χ0v) is 13.7. The van der Waals surface area contributed by atoms with E-state index in [-0.39, 0.29) is 30.5 Å². The first-order valence-corrected chi connectivity index (χ1v) is 7.97. The van der Waals surface area contributed by atoms with Gasteiger partial charge in [-0.1, -0.05) is 6.92 Å². The minimum Gasteiger partial charge on any atom is -0.487 e. The lowest BCUT2D eigenvalue weighted by atomic mass is 10.3. The summed E-state index contributed by atoms with van der Waals surface area (Å²) >= 11 is 0. The van der Waals surface area contributed by atoms with Crippen LogP contribution >= 0.6 is 12.4 Å². The lowest BCUT2D eigenvalue weighted by molar-refractivity contribution is 0.318. The maximum absolute atomic E-state index is 13.1. The van der Waals surface area contributed by atoms with Gasteiger partial charge in [0.1, 0.15) is 18.2 Å². The Morgan fingerprint density at radius 1 is 1.38 bits per heavy atom. The molecule has 0 aliphatic carbocycles. The summed E-state index contributed by atoms with van der Waals surface area (Å²) in [4.78, 5) is 0.247. The molecule has 7 heteroatoms. The average Bonchev–Trinajstić information content (AvgIpc) is 2.45. The van der Waals surface area contributed by atoms with E-state index in [1.54, 1.807) is 6.92 Å². The fourth-order valence-corrected chi connectivity index (χ4v) is 2.94. The maximum atomic E-state index is 13.1. The van der Waals surface area contributed by atoms with Gasteiger partial charge in [0, 0.05) is 6.54 Å². The van der Waals surface area contributed by atoms with Crippen molar-refractivity contribution in [1.82, 2.24) is 0 Å². The first-order chi connectivity index (χ1) is 9.41. The van der Waals surface area contributed by atoms with Crippen LogP contribution in [0.1, 0.15) is 20.3 Å². The van der Waals surface area contributed by atoms with E-state index in [4.69, 9.17) is 10.5 Å². The van der Waals surface area contributed by atoms with E-state index in [1.165, 1.54) is 30.3 Å². The van der Waals surface area contributed by atoms with Gasteiger partial charge in [-0.25, -0.2) is 12.8 Å². The quantitative estimate of drug-likeness (QED) is 0.830. The van der Waals surface area contributed by atoms with Crippen molar-refractivity contribution in [1.29, 1.82) is 0 Å². The average molecular weight is 338 g/mol. The summed E-state index contributed by atoms with van der Waals surface area (Å²) in [6, 6.07) is 5.98. The van der Waals surface area contributed by atoms with Crippen molar-refractivity contribution in [2.24, 2.45) is 5.73 Å². The van der Waals surface area contributed by atoms with Gasteiger partial charge in [-0.2, -0.15) is 0 Å². The van der Waals surface area contributed by atoms with Gasteiger partial charge in [0.25, 0.3) is 0 Å². The zero-order chi connectivity index (χ0) is 15.2. The van der Waals surface area contributed by atoms with Crippen molar-refractivity contribution in [3.05, 3.63) is 36.2 Å². The monoisotopic (exact) mass is 337 g/mol. The molecule has 0 bridgehead atoms. The Balaban J connectivity index is 0.00000400. The van der Waals surface area contributed by atoms with Crippen LogP contribution < -0.4 is 10.5 Å². The van der Waals surface area contributed by atoms with E-state index < -0.39 is 20.9 Å². The van der Waals surface area contributed by atoms with Crippen LogP contribution in [0.4, 0.5) is 4.39 Å². The van der Waals surface area contributed by atoms with Crippen LogP contribution in [0.2, 0.25) is 0 Å². The second-order valence-corrected chi connectivity index (χ2v) is 6.78. The van der Waals surface area contributed by atoms with Gasteiger partial charge in [-0.05, 0) is 43.7 Å². The summed E-state index contributed by atoms with van der Waals surface area (Å²) in [6.07, 6.45) is 1.78. The van der Waals surface area contributed by atoms with Crippen LogP contribution in [0, 0.1) is 0 Å². The SMILES string of the molecule is CCC(C)S(=O)(=O)c1ccc(OC/C(F)=C/CN)cc1.Cl. The van der Waals surface area contributed by atoms with Crippen LogP contribution in [-0.2, 0) is 9.84 Å². The van der Waals surface area contributed by atoms with Crippen LogP contribution in [-0.4, -0.2) is 26.8 Å². The Morgan fingerprint density at radius 3 is 2.43 bits per heavy atom. The zero-order valence-electron chi connectivity index (χ0n) is 12.1. The minimum absolute atomic E-state index is 0. The summed E-state index contributed by atoms with van der Waals surface area (Å²) in [5.41, 5.74) is 5.17. The molecular weight excluding hydrogens is 317 g/mol. The van der Waals surface area contributed by atoms with Crippen LogP contribution in [0.3, 0.4) is 0 Å². The van der Waals surface area contributed by atoms with Gasteiger partial charge < -0.3 is 10.5 Å². The fourth-order valence-electron chi connectivity index (χ4n) is 1.52. The number of hydrogen-bond acceptors (Lipinski definition) is 4. The Bertz CT molecular complexity index is 558. The Hall–Kier alpha value is -1.11. The topological polar surface area (TPSA) is 69.4 Å². The second-order valence-electron chi connectivity index (χ2n) is 4.41. The summed E-state index contributed by atoms with van der Waals surface area (Å²) in [5, 5.41) is -0.431. The van der Waals surface area contributed by atoms with Gasteiger partial charge in [0.05, 0.1) is 10.1 Å². The van der Waals surface area contributed by atoms with Gasteiger partial charge in [-0.15, -0.1) is 12.4 Å². The van der Waals surface area contributed by atoms with E-state index in [9.17, 15) is 12.8 Å². The third-order valence-corrected chi connectivity index (χ3v) is 5.29. The molecule has 0 aliphatic rings. The van der Waals surface area contributed by atoms with Crippen LogP contribution in [0.5, 0.6) is 5.75 Å². The molecule has 4 nitrogen and oxygen atoms in total. The van der Waals surface area contributed by atoms with E-state index >= 15 is 0 Å². The first-order valence-electron chi connectivity index (χ1n) is 6.43. The van der Waals surface area contributed by atoms with Gasteiger partial charge >= 0.3 is 0 Å². The molecule has 0 fully saturated rings. The number of hydrogen-bond donors (Lipinski definition) is 1. The molecule has 0 saturated heterocycles. The van der Waals surface area contributed by atoms with E-state index in [0.29, 0.717) is 12.2 Å². The van der Waals surface area contributed by atoms with Gasteiger partial charge in [0.15, 0.2) is 9.84 Å². The highest BCUT2D eigenvalue weighted by Crippen LogP contribution is 2.21. The summed E-state index contributed by atoms with van der Waals surface area (Å²) in [5.74, 6) is -0.0440. The lowest BCUT2D eigenvalue weighted by Gasteiger charge is -2.11. The highest BCUT2D eigenvalue weighted by Gasteiger charge is 2.21. The Kier molecular flexibility index (Phi) is 8.54. The number of rotatable bonds is 7. The number of nitrogens with two attached hydrogens (primary N) is 1. The van der Waals surface area contributed by atoms with Gasteiger partial charge in [-0.3, -0.25) is 0 Å². The van der Waals surface area contributed by atoms with E-state index in [0.717, 1.165) is 0 Å². The number of sulfone groups is 1. The van der Waals surface area contributed by atoms with Crippen molar-refractivity contribution in [3.8, 4) is 5.75 Å². The Morgan fingerprint density at radius 2 is 1.95 bits per heavy atom. The highest BCUT2D eigenvalue weighted by molar-refractivity contribution is 7.92. The molecule has 1 aromatic rings. The third-order valence-electron chi connectivity index (χ3n) is 2.97. The molecule has 2 N–H and O–H groups in total. The molecule has 0 heterocycles. The van der Waals surface area contributed by atoms with Crippen molar-refractivity contribution in [2.45, 2.75) is 30.4 Å². The molecule has 21 heavy (non-hydrogen) atoms. The van der Waals surface area contributed by atoms with E-state index in [2.05, 4.69) is 0 Å². The van der Waals surface area contributed by atoms with Crippen LogP contribution in [0.25, 0.3) is 0 Å². The predicted molar refractivity (Wildman–Crippen MR) is 84.4 cm³/mol. The first kappa shape index (κ1) is 19.9. The molecule has 0 aromatic heterocycles. The standard InChI is InChI=1S/C14H20FNO3S.ClH/c1-3-11(2)20(17,18)14-6-4-13(5-7-14)19-10-12(15)8-9-16;/h4-8,11H,3,9-10,16H2,1-2H3;1H/b12-8-;. The molecule has 0 radical (unpaired) electrons. The van der Waals surface area contributed by atoms with Crippen molar-refractivity contribution in [3.63, 3.8) is 0 Å². The molecule has 0 amide bonds. The molecule has 0 spiro atoms. The van der Waals surface area contributed by atoms with Crippen molar-refractivity contribution < 1.29 is 17.5 Å². The maximum Gasteiger partial charge on any atom is 0.180 e. The normalized spacial score (nSPS) is 13.4. The van der Waals surface area contributed by atoms with Crippen LogP contribution in [0.15, 0.2) is 41.1 Å². The molecule has 1 unspecified atom stereocenters. The molecule has 120 valence electrons. The summed E-state index contributed by atoms with van der Waals surface area (Å²) in [7, 11) is -3.30. The molecule has 1 atom stereocenters. The third kappa shape index (κ3) is 5.65. The van der Waals surface area contributed by atoms with Crippen molar-refractivity contribution in [2.75, 3.05) is 13.2 Å². The Labute approximate surface area is 131 Å². The van der Waals surface area contributed by atoms with E-state index in [1.807, 2.05) is 6.92 Å². The molecular formula is C14H21ClFNO3S. The summed E-state index contributed by atoms with van der Waals surface area (Å²) in [6.45, 7) is 3.40. The molecule has 1 rings (SSSR count). The fraction of sp³-hybridized carbons (Fsp3) is 0.429. The molecule has 0 aliphatic heterocycles. The molecule has 0 saturated carbocycles. The predicted octanol–water partition coefficient (Wildman–Crippen LogP) is 2.87. The largest absolute Gasteiger partial charge is 0.487 e. The van der Waals surface area contributed by atoms with Crippen molar-refractivity contribution >= 4 is 22.2 Å². The second kappa shape index (κ2) is 9.02. The number of halogens is 2. The number of ether oxygens (including phenoxy) is 1. The van der Waals surface area contributed by atoms with Gasteiger partial charge in [0.2, 0.25) is 0 Å². The highest BCUT2D eigenvalue weighted by atomic mass is 35.5. The summed E-state index contributed by atoms with van der Waals surface area (Å²) < 4.78 is 42.5. The lowest BCUT2D eigenvalue weighted by Crippen LogP contribution is -2.16. The minimum atomic E-state index is -3.30.